The lowest BCUT2D eigenvalue weighted by Crippen LogP contribution is -2.49. The zero-order valence-corrected chi connectivity index (χ0v) is 8.58. The van der Waals surface area contributed by atoms with Crippen LogP contribution in [0.1, 0.15) is 26.2 Å². The van der Waals surface area contributed by atoms with Gasteiger partial charge in [0, 0.05) is 6.54 Å². The summed E-state index contributed by atoms with van der Waals surface area (Å²) >= 11 is 0. The number of piperidine rings is 1. The molecule has 2 unspecified atom stereocenters. The van der Waals surface area contributed by atoms with E-state index in [4.69, 9.17) is 5.11 Å². The fourth-order valence-corrected chi connectivity index (χ4v) is 2.19. The van der Waals surface area contributed by atoms with E-state index in [2.05, 4.69) is 0 Å². The minimum Gasteiger partial charge on any atom is -0.480 e. The maximum atomic E-state index is 12.0. The number of nitrogens with zero attached hydrogens (tertiary/aromatic N) is 1. The van der Waals surface area contributed by atoms with Gasteiger partial charge in [0.2, 0.25) is 0 Å². The Bertz CT molecular complexity index is 199. The molecule has 0 aromatic carbocycles. The molecule has 0 spiro atoms. The van der Waals surface area contributed by atoms with Crippen LogP contribution in [0.25, 0.3) is 0 Å². The fraction of sp³-hybridized carbons (Fsp3) is 0.900. The first-order valence-electron chi connectivity index (χ1n) is 5.19. The first kappa shape index (κ1) is 11.4. The van der Waals surface area contributed by atoms with Gasteiger partial charge in [-0.2, -0.15) is 0 Å². The third-order valence-corrected chi connectivity index (χ3v) is 2.87. The van der Waals surface area contributed by atoms with E-state index >= 15 is 0 Å². The Labute approximate surface area is 83.9 Å². The lowest BCUT2D eigenvalue weighted by Gasteiger charge is -2.37. The Morgan fingerprint density at radius 2 is 2.36 bits per heavy atom. The molecule has 2 atom stereocenters. The molecule has 1 aliphatic rings. The first-order chi connectivity index (χ1) is 6.66. The van der Waals surface area contributed by atoms with E-state index in [0.29, 0.717) is 13.0 Å². The second-order valence-electron chi connectivity index (χ2n) is 3.98. The second kappa shape index (κ2) is 5.29. The van der Waals surface area contributed by atoms with Crippen molar-refractivity contribution >= 4 is 5.97 Å². The topological polar surface area (TPSA) is 40.5 Å². The van der Waals surface area contributed by atoms with Gasteiger partial charge in [-0.3, -0.25) is 14.1 Å². The van der Waals surface area contributed by atoms with E-state index in [1.807, 2.05) is 11.8 Å². The molecule has 1 rings (SSSR count). The summed E-state index contributed by atoms with van der Waals surface area (Å²) in [5, 5.41) is 9.04. The maximum absolute atomic E-state index is 12.0. The van der Waals surface area contributed by atoms with Gasteiger partial charge in [0.1, 0.15) is 6.04 Å². The minimum atomic E-state index is -0.768. The van der Waals surface area contributed by atoms with Crippen molar-refractivity contribution in [3.05, 3.63) is 0 Å². The van der Waals surface area contributed by atoms with Crippen molar-refractivity contribution in [2.75, 3.05) is 19.8 Å². The average Bonchev–Trinajstić information content (AvgIpc) is 2.14. The van der Waals surface area contributed by atoms with Crippen molar-refractivity contribution < 1.29 is 14.3 Å². The number of hydrogen-bond donors (Lipinski definition) is 1. The van der Waals surface area contributed by atoms with E-state index in [1.54, 1.807) is 0 Å². The molecular formula is C10H18FNO2. The van der Waals surface area contributed by atoms with Gasteiger partial charge in [0.25, 0.3) is 0 Å². The number of aliphatic carboxylic acids is 1. The normalized spacial score (nSPS) is 29.0. The molecule has 14 heavy (non-hydrogen) atoms. The Kier molecular flexibility index (Phi) is 4.32. The maximum Gasteiger partial charge on any atom is 0.321 e. The van der Waals surface area contributed by atoms with Crippen LogP contribution in [-0.4, -0.2) is 41.8 Å². The van der Waals surface area contributed by atoms with Crippen LogP contribution in [0.4, 0.5) is 4.39 Å². The predicted molar refractivity (Wildman–Crippen MR) is 52.0 cm³/mol. The van der Waals surface area contributed by atoms with Crippen LogP contribution in [0.3, 0.4) is 0 Å². The average molecular weight is 203 g/mol. The number of alkyl halides is 1. The highest BCUT2D eigenvalue weighted by molar-refractivity contribution is 5.74. The third kappa shape index (κ3) is 2.67. The highest BCUT2D eigenvalue weighted by atomic mass is 19.1. The zero-order valence-electron chi connectivity index (χ0n) is 8.58. The molecule has 4 heteroatoms. The van der Waals surface area contributed by atoms with Crippen LogP contribution >= 0.6 is 0 Å². The quantitative estimate of drug-likeness (QED) is 0.753. The molecule has 0 aromatic heterocycles. The number of carboxylic acids is 1. The third-order valence-electron chi connectivity index (χ3n) is 2.87. The molecule has 1 heterocycles. The first-order valence-corrected chi connectivity index (χ1v) is 5.19. The van der Waals surface area contributed by atoms with Crippen molar-refractivity contribution in [3.63, 3.8) is 0 Å². The zero-order chi connectivity index (χ0) is 10.6. The summed E-state index contributed by atoms with van der Waals surface area (Å²) in [5.41, 5.74) is 0. The fourth-order valence-electron chi connectivity index (χ4n) is 2.19. The van der Waals surface area contributed by atoms with Crippen LogP contribution in [-0.2, 0) is 4.79 Å². The standard InChI is InChI=1S/C10H18FNO2/c1-8-4-2-6-12(7-3-5-11)9(8)10(13)14/h8-9H,2-7H2,1H3,(H,13,14). The summed E-state index contributed by atoms with van der Waals surface area (Å²) in [6.45, 7) is 2.96. The van der Waals surface area contributed by atoms with Crippen LogP contribution in [0.2, 0.25) is 0 Å². The van der Waals surface area contributed by atoms with Crippen LogP contribution in [0.15, 0.2) is 0 Å². The smallest absolute Gasteiger partial charge is 0.321 e. The molecule has 0 aromatic rings. The lowest BCUT2D eigenvalue weighted by atomic mass is 9.91. The monoisotopic (exact) mass is 203 g/mol. The summed E-state index contributed by atoms with van der Waals surface area (Å²) in [5.74, 6) is -0.586. The van der Waals surface area contributed by atoms with Crippen LogP contribution in [0, 0.1) is 5.92 Å². The Morgan fingerprint density at radius 1 is 1.64 bits per heavy atom. The SMILES string of the molecule is CC1CCCN(CCCF)C1C(=O)O. The Morgan fingerprint density at radius 3 is 2.93 bits per heavy atom. The number of rotatable bonds is 4. The molecule has 1 aliphatic heterocycles. The highest BCUT2D eigenvalue weighted by Crippen LogP contribution is 2.23. The van der Waals surface area contributed by atoms with Crippen LogP contribution in [0.5, 0.6) is 0 Å². The molecule has 3 nitrogen and oxygen atoms in total. The number of carbonyl (C=O) groups is 1. The largest absolute Gasteiger partial charge is 0.480 e. The highest BCUT2D eigenvalue weighted by Gasteiger charge is 2.33. The molecule has 1 N–H and O–H groups in total. The summed E-state index contributed by atoms with van der Waals surface area (Å²) in [7, 11) is 0. The molecule has 0 aliphatic carbocycles. The van der Waals surface area contributed by atoms with E-state index in [9.17, 15) is 9.18 Å². The molecule has 0 radical (unpaired) electrons. The van der Waals surface area contributed by atoms with Gasteiger partial charge in [0.05, 0.1) is 6.67 Å². The Balaban J connectivity index is 2.55. The molecule has 82 valence electrons. The van der Waals surface area contributed by atoms with Crippen molar-refractivity contribution in [2.24, 2.45) is 5.92 Å². The molecule has 0 saturated carbocycles. The van der Waals surface area contributed by atoms with Crippen molar-refractivity contribution in [1.29, 1.82) is 0 Å². The van der Waals surface area contributed by atoms with E-state index in [0.717, 1.165) is 19.4 Å². The minimum absolute atomic E-state index is 0.181. The predicted octanol–water partition coefficient (Wildman–Crippen LogP) is 1.53. The van der Waals surface area contributed by atoms with Gasteiger partial charge in [-0.25, -0.2) is 0 Å². The van der Waals surface area contributed by atoms with Gasteiger partial charge in [-0.05, 0) is 31.7 Å². The van der Waals surface area contributed by atoms with Gasteiger partial charge in [0.15, 0.2) is 0 Å². The second-order valence-corrected chi connectivity index (χ2v) is 3.98. The molecular weight excluding hydrogens is 185 g/mol. The van der Waals surface area contributed by atoms with Gasteiger partial charge in [-0.15, -0.1) is 0 Å². The molecule has 0 bridgehead atoms. The van der Waals surface area contributed by atoms with E-state index < -0.39 is 12.0 Å². The van der Waals surface area contributed by atoms with Gasteiger partial charge in [-0.1, -0.05) is 6.92 Å². The number of carboxylic acid groups (broad SMARTS) is 1. The van der Waals surface area contributed by atoms with Crippen molar-refractivity contribution in [2.45, 2.75) is 32.2 Å². The molecule has 1 fully saturated rings. The number of halogens is 1. The van der Waals surface area contributed by atoms with Gasteiger partial charge >= 0.3 is 5.97 Å². The van der Waals surface area contributed by atoms with Gasteiger partial charge < -0.3 is 5.11 Å². The summed E-state index contributed by atoms with van der Waals surface area (Å²) in [6.07, 6.45) is 2.43. The molecule has 0 amide bonds. The number of likely N-dealkylation sites (tertiary alicyclic amines) is 1. The summed E-state index contributed by atoms with van der Waals surface area (Å²) in [4.78, 5) is 12.9. The lowest BCUT2D eigenvalue weighted by molar-refractivity contribution is -0.146. The van der Waals surface area contributed by atoms with E-state index in [-0.39, 0.29) is 12.6 Å². The molecule has 1 saturated heterocycles. The Hall–Kier alpha value is -0.640. The number of hydrogen-bond acceptors (Lipinski definition) is 2. The van der Waals surface area contributed by atoms with E-state index in [1.165, 1.54) is 0 Å². The summed E-state index contributed by atoms with van der Waals surface area (Å²) in [6, 6.07) is -0.407. The van der Waals surface area contributed by atoms with Crippen molar-refractivity contribution in [1.82, 2.24) is 4.90 Å². The summed E-state index contributed by atoms with van der Waals surface area (Å²) < 4.78 is 12.0. The van der Waals surface area contributed by atoms with Crippen molar-refractivity contribution in [3.8, 4) is 0 Å². The van der Waals surface area contributed by atoms with Crippen LogP contribution < -0.4 is 0 Å².